The Morgan fingerprint density at radius 1 is 0.732 bits per heavy atom. The summed E-state index contributed by atoms with van der Waals surface area (Å²) >= 11 is 4.60. The molecule has 4 aromatic carbocycles. The summed E-state index contributed by atoms with van der Waals surface area (Å²) in [5.41, 5.74) is 8.58. The Balaban J connectivity index is 0.000000321. The maximum Gasteiger partial charge on any atom is 0.232 e. The number of thiocarbonyl (C=S) groups is 1. The molecular formula is C34H31N5OS. The van der Waals surface area contributed by atoms with Crippen LogP contribution in [0.2, 0.25) is 0 Å². The fourth-order valence-electron chi connectivity index (χ4n) is 4.51. The summed E-state index contributed by atoms with van der Waals surface area (Å²) in [6.07, 6.45) is 2.44. The summed E-state index contributed by atoms with van der Waals surface area (Å²) in [7, 11) is 1.93. The van der Waals surface area contributed by atoms with Crippen LogP contribution in [0.15, 0.2) is 126 Å². The molecule has 6 aromatic rings. The molecule has 0 saturated carbocycles. The highest BCUT2D eigenvalue weighted by Gasteiger charge is 2.21. The van der Waals surface area contributed by atoms with E-state index in [0.29, 0.717) is 5.71 Å². The minimum absolute atomic E-state index is 0.582. The van der Waals surface area contributed by atoms with Gasteiger partial charge in [0.1, 0.15) is 17.9 Å². The number of nitrogens with one attached hydrogen (secondary N) is 3. The van der Waals surface area contributed by atoms with Crippen LogP contribution in [0.1, 0.15) is 5.56 Å². The maximum absolute atomic E-state index is 6.27. The molecule has 3 N–H and O–H groups in total. The summed E-state index contributed by atoms with van der Waals surface area (Å²) in [6, 6.07) is 38.7. The van der Waals surface area contributed by atoms with Crippen LogP contribution in [0.5, 0.6) is 0 Å². The number of furan rings is 1. The molecule has 0 aliphatic carbocycles. The molecule has 41 heavy (non-hydrogen) atoms. The average molecular weight is 558 g/mol. The minimum atomic E-state index is 0.582. The van der Waals surface area contributed by atoms with Gasteiger partial charge in [0.05, 0.1) is 10.9 Å². The van der Waals surface area contributed by atoms with Crippen LogP contribution in [-0.4, -0.2) is 29.1 Å². The first-order chi connectivity index (χ1) is 20.3. The van der Waals surface area contributed by atoms with Gasteiger partial charge in [-0.25, -0.2) is 9.97 Å². The van der Waals surface area contributed by atoms with Crippen LogP contribution >= 0.6 is 12.2 Å². The lowest BCUT2D eigenvalue weighted by molar-refractivity contribution is 0.618. The van der Waals surface area contributed by atoms with Crippen molar-refractivity contribution in [3.63, 3.8) is 0 Å². The van der Waals surface area contributed by atoms with Gasteiger partial charge < -0.3 is 20.4 Å². The summed E-state index contributed by atoms with van der Waals surface area (Å²) in [6.45, 7) is 0.755. The molecule has 2 aromatic heterocycles. The Morgan fingerprint density at radius 3 is 2.00 bits per heavy atom. The van der Waals surface area contributed by atoms with Crippen molar-refractivity contribution in [1.82, 2.24) is 9.97 Å². The van der Waals surface area contributed by atoms with E-state index in [2.05, 4.69) is 86.7 Å². The number of aromatic nitrogens is 2. The second kappa shape index (κ2) is 13.9. The predicted molar refractivity (Wildman–Crippen MR) is 175 cm³/mol. The molecule has 0 unspecified atom stereocenters. The van der Waals surface area contributed by atoms with Crippen molar-refractivity contribution < 1.29 is 4.42 Å². The van der Waals surface area contributed by atoms with Crippen molar-refractivity contribution >= 4 is 46.0 Å². The van der Waals surface area contributed by atoms with Crippen molar-refractivity contribution in [1.29, 1.82) is 0 Å². The number of fused-ring (bicyclic) bond motifs is 1. The van der Waals surface area contributed by atoms with Crippen molar-refractivity contribution in [3.8, 4) is 22.5 Å². The minimum Gasteiger partial charge on any atom is -0.437 e. The van der Waals surface area contributed by atoms with Crippen LogP contribution in [-0.2, 0) is 6.42 Å². The van der Waals surface area contributed by atoms with Crippen LogP contribution in [0.4, 0.5) is 17.2 Å². The van der Waals surface area contributed by atoms with Crippen LogP contribution in [0, 0.1) is 0 Å². The molecule has 2 heterocycles. The quantitative estimate of drug-likeness (QED) is 0.154. The number of hydrogen-bond acceptors (Lipinski definition) is 6. The second-order valence-corrected chi connectivity index (χ2v) is 9.43. The number of benzene rings is 4. The van der Waals surface area contributed by atoms with Gasteiger partial charge in [-0.3, -0.25) is 0 Å². The number of anilines is 3. The third-order valence-electron chi connectivity index (χ3n) is 6.53. The first-order valence-corrected chi connectivity index (χ1v) is 13.9. The molecule has 0 spiro atoms. The number of nitrogens with zero attached hydrogens (tertiary/aromatic N) is 2. The van der Waals surface area contributed by atoms with E-state index in [0.717, 1.165) is 58.0 Å². The lowest BCUT2D eigenvalue weighted by Crippen LogP contribution is -2.07. The first-order valence-electron chi connectivity index (χ1n) is 13.4. The molecule has 0 aliphatic rings. The normalized spacial score (nSPS) is 10.4. The van der Waals surface area contributed by atoms with Gasteiger partial charge >= 0.3 is 0 Å². The van der Waals surface area contributed by atoms with Gasteiger partial charge in [-0.1, -0.05) is 103 Å². The third-order valence-corrected chi connectivity index (χ3v) is 6.65. The predicted octanol–water partition coefficient (Wildman–Crippen LogP) is 8.31. The van der Waals surface area contributed by atoms with Crippen molar-refractivity contribution in [3.05, 3.63) is 127 Å². The lowest BCUT2D eigenvalue weighted by Gasteiger charge is -2.09. The molecule has 204 valence electrons. The second-order valence-electron chi connectivity index (χ2n) is 9.19. The van der Waals surface area contributed by atoms with Gasteiger partial charge in [0.15, 0.2) is 0 Å². The monoisotopic (exact) mass is 557 g/mol. The highest BCUT2D eigenvalue weighted by molar-refractivity contribution is 7.79. The lowest BCUT2D eigenvalue weighted by atomic mass is 9.99. The molecule has 0 fully saturated rings. The SMILES string of the molecule is CNc1ccc(CCNc2ncnc3oc(-c4ccccc4)c(-c4ccccc4)c23)cc1.S=CNc1ccccc1. The highest BCUT2D eigenvalue weighted by Crippen LogP contribution is 2.42. The van der Waals surface area contributed by atoms with Crippen molar-refractivity contribution in [2.24, 2.45) is 0 Å². The van der Waals surface area contributed by atoms with E-state index in [1.807, 2.05) is 73.8 Å². The van der Waals surface area contributed by atoms with Crippen LogP contribution in [0.25, 0.3) is 33.6 Å². The van der Waals surface area contributed by atoms with E-state index in [4.69, 9.17) is 4.42 Å². The fourth-order valence-corrected chi connectivity index (χ4v) is 4.64. The molecular weight excluding hydrogens is 526 g/mol. The number of rotatable bonds is 9. The zero-order chi connectivity index (χ0) is 28.3. The molecule has 0 saturated heterocycles. The largest absolute Gasteiger partial charge is 0.437 e. The van der Waals surface area contributed by atoms with E-state index in [1.165, 1.54) is 11.1 Å². The zero-order valence-electron chi connectivity index (χ0n) is 22.7. The smallest absolute Gasteiger partial charge is 0.232 e. The highest BCUT2D eigenvalue weighted by atomic mass is 32.1. The zero-order valence-corrected chi connectivity index (χ0v) is 23.6. The van der Waals surface area contributed by atoms with Gasteiger partial charge in [-0.2, -0.15) is 0 Å². The summed E-state index contributed by atoms with van der Waals surface area (Å²) < 4.78 is 6.27. The molecule has 0 aliphatic heterocycles. The Hall–Kier alpha value is -5.01. The molecule has 0 radical (unpaired) electrons. The van der Waals surface area contributed by atoms with Gasteiger partial charge in [0.25, 0.3) is 0 Å². The molecule has 0 amide bonds. The Bertz CT molecular complexity index is 1670. The molecule has 6 nitrogen and oxygen atoms in total. The Morgan fingerprint density at radius 2 is 1.37 bits per heavy atom. The Kier molecular flexibility index (Phi) is 9.32. The van der Waals surface area contributed by atoms with Gasteiger partial charge in [0.2, 0.25) is 5.71 Å². The summed E-state index contributed by atoms with van der Waals surface area (Å²) in [5.74, 6) is 1.59. The topological polar surface area (TPSA) is 75.0 Å². The molecule has 7 heteroatoms. The van der Waals surface area contributed by atoms with Gasteiger partial charge in [-0.05, 0) is 41.8 Å². The first kappa shape index (κ1) is 27.6. The van der Waals surface area contributed by atoms with Crippen LogP contribution < -0.4 is 16.0 Å². The van der Waals surface area contributed by atoms with E-state index in [-0.39, 0.29) is 0 Å². The third kappa shape index (κ3) is 6.96. The summed E-state index contributed by atoms with van der Waals surface area (Å²) in [4.78, 5) is 9.00. The van der Waals surface area contributed by atoms with E-state index in [1.54, 1.807) is 6.33 Å². The van der Waals surface area contributed by atoms with Gasteiger partial charge in [0, 0.05) is 36.1 Å². The van der Waals surface area contributed by atoms with Gasteiger partial charge in [-0.15, -0.1) is 0 Å². The standard InChI is InChI=1S/C27H24N4O.C7H7NS/c1-28-22-14-12-19(13-15-22)16-17-29-26-24-23(20-8-4-2-5-9-20)25(21-10-6-3-7-11-21)32-27(24)31-18-30-26;9-6-8-7-4-2-1-3-5-7/h2-15,18,28H,16-17H2,1H3,(H,29,30,31);1-6H,(H,8,9). The molecule has 0 bridgehead atoms. The average Bonchev–Trinajstić information content (AvgIpc) is 3.44. The maximum atomic E-state index is 6.27. The van der Waals surface area contributed by atoms with E-state index < -0.39 is 0 Å². The van der Waals surface area contributed by atoms with E-state index in [9.17, 15) is 0 Å². The fraction of sp³-hybridized carbons (Fsp3) is 0.0882. The summed E-state index contributed by atoms with van der Waals surface area (Å²) in [5, 5.41) is 10.5. The Labute approximate surface area is 245 Å². The number of para-hydroxylation sites is 1. The molecule has 0 atom stereocenters. The van der Waals surface area contributed by atoms with Crippen molar-refractivity contribution in [2.45, 2.75) is 6.42 Å². The van der Waals surface area contributed by atoms with Crippen LogP contribution in [0.3, 0.4) is 0 Å². The molecule has 6 rings (SSSR count). The van der Waals surface area contributed by atoms with Crippen molar-refractivity contribution in [2.75, 3.05) is 29.5 Å². The van der Waals surface area contributed by atoms with E-state index >= 15 is 0 Å². The number of hydrogen-bond donors (Lipinski definition) is 3.